The number of carbonyl (C=O) groups is 1. The van der Waals surface area contributed by atoms with E-state index >= 15 is 0 Å². The highest BCUT2D eigenvalue weighted by molar-refractivity contribution is 6.06. The number of anilines is 3. The minimum Gasteiger partial charge on any atom is -0.361 e. The fourth-order valence-electron chi connectivity index (χ4n) is 3.06. The monoisotopic (exact) mass is 339 g/mol. The highest BCUT2D eigenvalue weighted by Gasteiger charge is 2.18. The van der Waals surface area contributed by atoms with E-state index in [0.717, 1.165) is 30.4 Å². The summed E-state index contributed by atoms with van der Waals surface area (Å²) in [4.78, 5) is 25.9. The summed E-state index contributed by atoms with van der Waals surface area (Å²) in [7, 11) is 3.84. The lowest BCUT2D eigenvalue weighted by molar-refractivity contribution is 0.102. The van der Waals surface area contributed by atoms with Gasteiger partial charge in [0.2, 0.25) is 5.95 Å². The Hall–Kier alpha value is -2.63. The van der Waals surface area contributed by atoms with Crippen LogP contribution in [0, 0.1) is 6.92 Å². The van der Waals surface area contributed by atoms with Crippen LogP contribution in [0.3, 0.4) is 0 Å². The van der Waals surface area contributed by atoms with Crippen LogP contribution in [0.1, 0.15) is 35.2 Å². The highest BCUT2D eigenvalue weighted by Crippen LogP contribution is 2.26. The van der Waals surface area contributed by atoms with Crippen molar-refractivity contribution < 1.29 is 4.79 Å². The molecule has 1 aliphatic heterocycles. The van der Waals surface area contributed by atoms with Crippen LogP contribution in [0.25, 0.3) is 0 Å². The maximum atomic E-state index is 12.6. The lowest BCUT2D eigenvalue weighted by Gasteiger charge is -2.28. The van der Waals surface area contributed by atoms with Gasteiger partial charge in [0.15, 0.2) is 5.82 Å². The molecule has 0 aliphatic carbocycles. The standard InChI is InChI=1S/C19H25N5O/c1-14-9-5-6-10-15(14)18(25)21-16-13-20-19(22-17(16)23(2)3)24-11-7-4-8-12-24/h5-6,9-10,13H,4,7-8,11-12H2,1-3H3,(H,21,25). The first-order chi connectivity index (χ1) is 12.1. The maximum absolute atomic E-state index is 12.6. The number of carbonyl (C=O) groups excluding carboxylic acids is 1. The molecule has 25 heavy (non-hydrogen) atoms. The topological polar surface area (TPSA) is 61.4 Å². The van der Waals surface area contributed by atoms with E-state index in [9.17, 15) is 4.79 Å². The molecular formula is C19H25N5O. The molecule has 1 aromatic heterocycles. The largest absolute Gasteiger partial charge is 0.361 e. The van der Waals surface area contributed by atoms with Gasteiger partial charge in [-0.3, -0.25) is 4.79 Å². The molecule has 0 unspecified atom stereocenters. The van der Waals surface area contributed by atoms with E-state index in [4.69, 9.17) is 4.98 Å². The van der Waals surface area contributed by atoms with Crippen LogP contribution in [-0.4, -0.2) is 43.1 Å². The van der Waals surface area contributed by atoms with Crippen molar-refractivity contribution in [3.8, 4) is 0 Å². The Balaban J connectivity index is 1.85. The summed E-state index contributed by atoms with van der Waals surface area (Å²) in [5, 5.41) is 2.96. The first-order valence-electron chi connectivity index (χ1n) is 8.72. The summed E-state index contributed by atoms with van der Waals surface area (Å²) < 4.78 is 0. The molecule has 132 valence electrons. The molecule has 0 radical (unpaired) electrons. The van der Waals surface area contributed by atoms with Gasteiger partial charge < -0.3 is 15.1 Å². The van der Waals surface area contributed by atoms with Gasteiger partial charge in [-0.15, -0.1) is 0 Å². The molecule has 1 saturated heterocycles. The van der Waals surface area contributed by atoms with E-state index in [2.05, 4.69) is 15.2 Å². The number of aryl methyl sites for hydroxylation is 1. The third-order valence-corrected chi connectivity index (χ3v) is 4.46. The highest BCUT2D eigenvalue weighted by atomic mass is 16.1. The second-order valence-corrected chi connectivity index (χ2v) is 6.62. The number of nitrogens with zero attached hydrogens (tertiary/aromatic N) is 4. The molecule has 3 rings (SSSR count). The minimum absolute atomic E-state index is 0.143. The zero-order valence-electron chi connectivity index (χ0n) is 15.1. The number of piperidine rings is 1. The Morgan fingerprint density at radius 1 is 1.16 bits per heavy atom. The van der Waals surface area contributed by atoms with Crippen LogP contribution < -0.4 is 15.1 Å². The van der Waals surface area contributed by atoms with Gasteiger partial charge in [0.05, 0.1) is 6.20 Å². The summed E-state index contributed by atoms with van der Waals surface area (Å²) in [6.07, 6.45) is 5.32. The predicted octanol–water partition coefficient (Wildman–Crippen LogP) is 3.09. The minimum atomic E-state index is -0.143. The molecule has 6 heteroatoms. The lowest BCUT2D eigenvalue weighted by atomic mass is 10.1. The molecule has 0 bridgehead atoms. The van der Waals surface area contributed by atoms with Gasteiger partial charge in [-0.1, -0.05) is 18.2 Å². The molecular weight excluding hydrogens is 314 g/mol. The van der Waals surface area contributed by atoms with Gasteiger partial charge in [-0.25, -0.2) is 4.98 Å². The molecule has 0 spiro atoms. The van der Waals surface area contributed by atoms with Crippen molar-refractivity contribution in [3.05, 3.63) is 41.6 Å². The van der Waals surface area contributed by atoms with Gasteiger partial charge in [-0.05, 0) is 37.8 Å². The smallest absolute Gasteiger partial charge is 0.256 e. The fraction of sp³-hybridized carbons (Fsp3) is 0.421. The second-order valence-electron chi connectivity index (χ2n) is 6.62. The number of hydrogen-bond donors (Lipinski definition) is 1. The van der Waals surface area contributed by atoms with Crippen molar-refractivity contribution in [3.63, 3.8) is 0 Å². The molecule has 1 aromatic carbocycles. The van der Waals surface area contributed by atoms with Gasteiger partial charge in [0, 0.05) is 32.7 Å². The SMILES string of the molecule is Cc1ccccc1C(=O)Nc1cnc(N2CCCCC2)nc1N(C)C. The van der Waals surface area contributed by atoms with Crippen LogP contribution in [0.5, 0.6) is 0 Å². The van der Waals surface area contributed by atoms with Gasteiger partial charge in [-0.2, -0.15) is 4.98 Å². The van der Waals surface area contributed by atoms with Crippen molar-refractivity contribution in [2.45, 2.75) is 26.2 Å². The van der Waals surface area contributed by atoms with Gasteiger partial charge >= 0.3 is 0 Å². The molecule has 1 fully saturated rings. The molecule has 2 heterocycles. The average molecular weight is 339 g/mol. The van der Waals surface area contributed by atoms with Crippen molar-refractivity contribution in [1.29, 1.82) is 0 Å². The Labute approximate surface area is 148 Å². The summed E-state index contributed by atoms with van der Waals surface area (Å²) in [5.41, 5.74) is 2.23. The number of nitrogens with one attached hydrogen (secondary N) is 1. The van der Waals surface area contributed by atoms with Crippen molar-refractivity contribution in [2.75, 3.05) is 42.3 Å². The van der Waals surface area contributed by atoms with Crippen molar-refractivity contribution in [1.82, 2.24) is 9.97 Å². The molecule has 2 aromatic rings. The van der Waals surface area contributed by atoms with Gasteiger partial charge in [0.25, 0.3) is 5.91 Å². The summed E-state index contributed by atoms with van der Waals surface area (Å²) in [5.74, 6) is 1.31. The zero-order valence-corrected chi connectivity index (χ0v) is 15.1. The summed E-state index contributed by atoms with van der Waals surface area (Å²) >= 11 is 0. The van der Waals surface area contributed by atoms with Gasteiger partial charge in [0.1, 0.15) is 5.69 Å². The number of rotatable bonds is 4. The summed E-state index contributed by atoms with van der Waals surface area (Å²) in [6, 6.07) is 7.54. The van der Waals surface area contributed by atoms with Crippen LogP contribution in [0.4, 0.5) is 17.5 Å². The number of benzene rings is 1. The Morgan fingerprint density at radius 3 is 2.56 bits per heavy atom. The Morgan fingerprint density at radius 2 is 1.88 bits per heavy atom. The lowest BCUT2D eigenvalue weighted by Crippen LogP contribution is -2.31. The fourth-order valence-corrected chi connectivity index (χ4v) is 3.06. The number of amides is 1. The van der Waals surface area contributed by atoms with Crippen molar-refractivity contribution >= 4 is 23.4 Å². The molecule has 6 nitrogen and oxygen atoms in total. The molecule has 0 saturated carbocycles. The summed E-state index contributed by atoms with van der Waals surface area (Å²) in [6.45, 7) is 3.90. The third kappa shape index (κ3) is 3.90. The Bertz CT molecular complexity index is 753. The first-order valence-corrected chi connectivity index (χ1v) is 8.72. The Kier molecular flexibility index (Phi) is 5.16. The van der Waals surface area contributed by atoms with Crippen molar-refractivity contribution in [2.24, 2.45) is 0 Å². The van der Waals surface area contributed by atoms with Crippen LogP contribution >= 0.6 is 0 Å². The van der Waals surface area contributed by atoms with Crippen LogP contribution in [-0.2, 0) is 0 Å². The third-order valence-electron chi connectivity index (χ3n) is 4.46. The first kappa shape index (κ1) is 17.2. The number of hydrogen-bond acceptors (Lipinski definition) is 5. The van der Waals surface area contributed by atoms with Crippen LogP contribution in [0.2, 0.25) is 0 Å². The quantitative estimate of drug-likeness (QED) is 0.927. The maximum Gasteiger partial charge on any atom is 0.256 e. The van der Waals surface area contributed by atoms with E-state index in [0.29, 0.717) is 11.3 Å². The molecule has 1 amide bonds. The molecule has 1 aliphatic rings. The van der Waals surface area contributed by atoms with E-state index in [-0.39, 0.29) is 5.91 Å². The molecule has 0 atom stereocenters. The average Bonchev–Trinajstić information content (AvgIpc) is 2.63. The van der Waals surface area contributed by atoms with Crippen LogP contribution in [0.15, 0.2) is 30.5 Å². The van der Waals surface area contributed by atoms with E-state index in [1.165, 1.54) is 19.3 Å². The molecule has 1 N–H and O–H groups in total. The van der Waals surface area contributed by atoms with E-state index in [1.807, 2.05) is 50.2 Å². The van der Waals surface area contributed by atoms with E-state index in [1.54, 1.807) is 6.20 Å². The number of aromatic nitrogens is 2. The second kappa shape index (κ2) is 7.51. The predicted molar refractivity (Wildman–Crippen MR) is 102 cm³/mol. The van der Waals surface area contributed by atoms with E-state index < -0.39 is 0 Å². The normalized spacial score (nSPS) is 14.3. The zero-order chi connectivity index (χ0) is 17.8.